The normalized spacial score (nSPS) is 14.6. The van der Waals surface area contributed by atoms with Crippen LogP contribution in [0.15, 0.2) is 24.3 Å². The van der Waals surface area contributed by atoms with Gasteiger partial charge in [-0.25, -0.2) is 0 Å². The average Bonchev–Trinajstić information content (AvgIpc) is 2.29. The number of rotatable bonds is 5. The van der Waals surface area contributed by atoms with Crippen LogP contribution < -0.4 is 0 Å². The number of nitrogens with zero attached hydrogens (tertiary/aromatic N) is 2. The number of aliphatic hydroxyl groups is 1. The van der Waals surface area contributed by atoms with Crippen LogP contribution >= 0.6 is 0 Å². The van der Waals surface area contributed by atoms with Crippen LogP contribution in [0.5, 0.6) is 0 Å². The minimum Gasteiger partial charge on any atom is -0.396 e. The van der Waals surface area contributed by atoms with Crippen molar-refractivity contribution in [2.24, 2.45) is 5.92 Å². The van der Waals surface area contributed by atoms with E-state index in [-0.39, 0.29) is 24.3 Å². The maximum absolute atomic E-state index is 10.6. The summed E-state index contributed by atoms with van der Waals surface area (Å²) in [4.78, 5) is 12.2. The molecule has 0 aromatic heterocycles. The molecule has 0 aliphatic rings. The Labute approximate surface area is 101 Å². The summed E-state index contributed by atoms with van der Waals surface area (Å²) in [5.74, 6) is 0.0754. The van der Waals surface area contributed by atoms with Crippen molar-refractivity contribution < 1.29 is 10.0 Å². The number of nitro groups is 1. The van der Waals surface area contributed by atoms with E-state index in [1.54, 1.807) is 12.1 Å². The van der Waals surface area contributed by atoms with E-state index in [2.05, 4.69) is 0 Å². The van der Waals surface area contributed by atoms with E-state index in [9.17, 15) is 15.2 Å². The standard InChI is InChI=1S/C12H18N2O3/c1-9(8-15)12(13(2)3)10-4-6-11(7-5-10)14(16)17/h4-7,9,12,15H,8H2,1-3H3. The molecule has 94 valence electrons. The first-order chi connectivity index (χ1) is 7.97. The van der Waals surface area contributed by atoms with Crippen molar-refractivity contribution in [2.45, 2.75) is 13.0 Å². The van der Waals surface area contributed by atoms with Gasteiger partial charge in [-0.1, -0.05) is 19.1 Å². The molecule has 1 aromatic rings. The molecule has 0 aliphatic carbocycles. The van der Waals surface area contributed by atoms with E-state index >= 15 is 0 Å². The monoisotopic (exact) mass is 238 g/mol. The van der Waals surface area contributed by atoms with E-state index in [4.69, 9.17) is 0 Å². The van der Waals surface area contributed by atoms with Crippen LogP contribution in [0.4, 0.5) is 5.69 Å². The molecule has 1 N–H and O–H groups in total. The maximum Gasteiger partial charge on any atom is 0.269 e. The SMILES string of the molecule is CC(CO)C(c1ccc([N+](=O)[O-])cc1)N(C)C. The van der Waals surface area contributed by atoms with Crippen LogP contribution in [0.1, 0.15) is 18.5 Å². The maximum atomic E-state index is 10.6. The van der Waals surface area contributed by atoms with Gasteiger partial charge in [0, 0.05) is 24.8 Å². The molecule has 0 spiro atoms. The molecule has 5 nitrogen and oxygen atoms in total. The van der Waals surface area contributed by atoms with E-state index in [0.29, 0.717) is 0 Å². The lowest BCUT2D eigenvalue weighted by molar-refractivity contribution is -0.384. The molecule has 1 rings (SSSR count). The highest BCUT2D eigenvalue weighted by molar-refractivity contribution is 5.34. The summed E-state index contributed by atoms with van der Waals surface area (Å²) in [7, 11) is 3.86. The van der Waals surface area contributed by atoms with Crippen LogP contribution in [-0.4, -0.2) is 35.6 Å². The fraction of sp³-hybridized carbons (Fsp3) is 0.500. The second kappa shape index (κ2) is 5.75. The van der Waals surface area contributed by atoms with Gasteiger partial charge >= 0.3 is 0 Å². The Morgan fingerprint density at radius 1 is 1.35 bits per heavy atom. The fourth-order valence-corrected chi connectivity index (χ4v) is 2.03. The van der Waals surface area contributed by atoms with Crippen molar-refractivity contribution in [3.05, 3.63) is 39.9 Å². The number of hydrogen-bond acceptors (Lipinski definition) is 4. The Morgan fingerprint density at radius 3 is 2.24 bits per heavy atom. The van der Waals surface area contributed by atoms with E-state index in [1.165, 1.54) is 12.1 Å². The molecule has 5 heteroatoms. The first kappa shape index (κ1) is 13.6. The Morgan fingerprint density at radius 2 is 1.88 bits per heavy atom. The highest BCUT2D eigenvalue weighted by Crippen LogP contribution is 2.27. The molecule has 0 radical (unpaired) electrons. The van der Waals surface area contributed by atoms with Crippen molar-refractivity contribution in [3.63, 3.8) is 0 Å². The molecule has 0 bridgehead atoms. The molecule has 0 saturated heterocycles. The molecular weight excluding hydrogens is 220 g/mol. The predicted molar refractivity (Wildman–Crippen MR) is 65.8 cm³/mol. The van der Waals surface area contributed by atoms with Gasteiger partial charge in [0.2, 0.25) is 0 Å². The summed E-state index contributed by atoms with van der Waals surface area (Å²) in [6.07, 6.45) is 0. The Kier molecular flexibility index (Phi) is 4.60. The van der Waals surface area contributed by atoms with Crippen molar-refractivity contribution >= 4 is 5.69 Å². The fourth-order valence-electron chi connectivity index (χ4n) is 2.03. The highest BCUT2D eigenvalue weighted by atomic mass is 16.6. The van der Waals surface area contributed by atoms with Crippen molar-refractivity contribution in [1.29, 1.82) is 0 Å². The summed E-state index contributed by atoms with van der Waals surface area (Å²) >= 11 is 0. The van der Waals surface area contributed by atoms with Crippen LogP contribution in [-0.2, 0) is 0 Å². The van der Waals surface area contributed by atoms with Gasteiger partial charge in [0.25, 0.3) is 5.69 Å². The minimum absolute atomic E-state index is 0.0563. The van der Waals surface area contributed by atoms with Crippen LogP contribution in [0.2, 0.25) is 0 Å². The van der Waals surface area contributed by atoms with Crippen molar-refractivity contribution in [1.82, 2.24) is 4.90 Å². The smallest absolute Gasteiger partial charge is 0.269 e. The third-order valence-corrected chi connectivity index (χ3v) is 2.83. The topological polar surface area (TPSA) is 66.6 Å². The summed E-state index contributed by atoms with van der Waals surface area (Å²) in [5, 5.41) is 19.8. The molecule has 1 aromatic carbocycles. The third-order valence-electron chi connectivity index (χ3n) is 2.83. The van der Waals surface area contributed by atoms with Gasteiger partial charge in [-0.15, -0.1) is 0 Å². The van der Waals surface area contributed by atoms with Gasteiger partial charge in [-0.05, 0) is 25.6 Å². The second-order valence-corrected chi connectivity index (χ2v) is 4.42. The summed E-state index contributed by atoms with van der Waals surface area (Å²) in [5.41, 5.74) is 1.06. The first-order valence-corrected chi connectivity index (χ1v) is 5.49. The molecule has 0 saturated carbocycles. The number of hydrogen-bond donors (Lipinski definition) is 1. The molecule has 2 atom stereocenters. The molecule has 0 fully saturated rings. The highest BCUT2D eigenvalue weighted by Gasteiger charge is 2.21. The molecule has 0 amide bonds. The van der Waals surface area contributed by atoms with Gasteiger partial charge in [-0.3, -0.25) is 10.1 Å². The van der Waals surface area contributed by atoms with Gasteiger partial charge in [0.15, 0.2) is 0 Å². The molecule has 2 unspecified atom stereocenters. The quantitative estimate of drug-likeness (QED) is 0.627. The molecule has 0 heterocycles. The lowest BCUT2D eigenvalue weighted by Crippen LogP contribution is -2.27. The third kappa shape index (κ3) is 3.25. The summed E-state index contributed by atoms with van der Waals surface area (Å²) < 4.78 is 0. The van der Waals surface area contributed by atoms with Gasteiger partial charge in [0.05, 0.1) is 4.92 Å². The number of non-ortho nitro benzene ring substituents is 1. The molecule has 17 heavy (non-hydrogen) atoms. The number of benzene rings is 1. The van der Waals surface area contributed by atoms with Gasteiger partial charge in [0.1, 0.15) is 0 Å². The van der Waals surface area contributed by atoms with Gasteiger partial charge < -0.3 is 10.0 Å². The van der Waals surface area contributed by atoms with E-state index < -0.39 is 4.92 Å². The Hall–Kier alpha value is -1.46. The lowest BCUT2D eigenvalue weighted by atomic mass is 9.94. The van der Waals surface area contributed by atoms with Crippen LogP contribution in [0.25, 0.3) is 0 Å². The van der Waals surface area contributed by atoms with Crippen LogP contribution in [0, 0.1) is 16.0 Å². The molecular formula is C12H18N2O3. The average molecular weight is 238 g/mol. The second-order valence-electron chi connectivity index (χ2n) is 4.42. The largest absolute Gasteiger partial charge is 0.396 e. The first-order valence-electron chi connectivity index (χ1n) is 5.49. The lowest BCUT2D eigenvalue weighted by Gasteiger charge is -2.29. The zero-order valence-corrected chi connectivity index (χ0v) is 10.3. The van der Waals surface area contributed by atoms with Crippen molar-refractivity contribution in [3.8, 4) is 0 Å². The van der Waals surface area contributed by atoms with Crippen molar-refractivity contribution in [2.75, 3.05) is 20.7 Å². The van der Waals surface area contributed by atoms with Gasteiger partial charge in [-0.2, -0.15) is 0 Å². The summed E-state index contributed by atoms with van der Waals surface area (Å²) in [6.45, 7) is 2.03. The molecule has 0 aliphatic heterocycles. The summed E-state index contributed by atoms with van der Waals surface area (Å²) in [6, 6.07) is 6.54. The van der Waals surface area contributed by atoms with Crippen LogP contribution in [0.3, 0.4) is 0 Å². The predicted octanol–water partition coefficient (Wildman–Crippen LogP) is 1.83. The zero-order valence-electron chi connectivity index (χ0n) is 10.3. The number of aliphatic hydroxyl groups excluding tert-OH is 1. The minimum atomic E-state index is -0.413. The van der Waals surface area contributed by atoms with E-state index in [1.807, 2.05) is 25.9 Å². The van der Waals surface area contributed by atoms with E-state index in [0.717, 1.165) is 5.56 Å². The Bertz CT molecular complexity index is 376. The number of nitro benzene ring substituents is 1. The Balaban J connectivity index is 2.99. The zero-order chi connectivity index (χ0) is 13.0.